The molecule has 2 aromatic rings. The second-order valence-corrected chi connectivity index (χ2v) is 4.61. The summed E-state index contributed by atoms with van der Waals surface area (Å²) in [6, 6.07) is 9.96. The van der Waals surface area contributed by atoms with Crippen molar-refractivity contribution in [3.63, 3.8) is 0 Å². The third-order valence-corrected chi connectivity index (χ3v) is 2.99. The molecule has 0 aliphatic carbocycles. The van der Waals surface area contributed by atoms with E-state index in [0.717, 1.165) is 21.4 Å². The summed E-state index contributed by atoms with van der Waals surface area (Å²) in [5.41, 5.74) is 7.70. The van der Waals surface area contributed by atoms with Gasteiger partial charge in [-0.25, -0.2) is 0 Å². The minimum Gasteiger partial charge on any atom is -0.468 e. The highest BCUT2D eigenvalue weighted by Crippen LogP contribution is 2.14. The smallest absolute Gasteiger partial charge is 0.122 e. The van der Waals surface area contributed by atoms with E-state index in [2.05, 4.69) is 15.9 Å². The number of furan rings is 1. The molecule has 0 unspecified atom stereocenters. The zero-order valence-electron chi connectivity index (χ0n) is 9.36. The molecule has 0 bridgehead atoms. The van der Waals surface area contributed by atoms with Crippen LogP contribution in [0.4, 0.5) is 0 Å². The molecule has 1 heterocycles. The van der Waals surface area contributed by atoms with Crippen molar-refractivity contribution < 1.29 is 9.15 Å². The number of nitrogens with two attached hydrogens (primary N) is 1. The van der Waals surface area contributed by atoms with E-state index in [1.165, 1.54) is 0 Å². The second-order valence-electron chi connectivity index (χ2n) is 3.69. The van der Waals surface area contributed by atoms with Crippen LogP contribution in [0.5, 0.6) is 0 Å². The quantitative estimate of drug-likeness (QED) is 0.921. The molecule has 1 aromatic heterocycles. The summed E-state index contributed by atoms with van der Waals surface area (Å²) in [7, 11) is 0. The Bertz CT molecular complexity index is 465. The summed E-state index contributed by atoms with van der Waals surface area (Å²) < 4.78 is 11.9. The number of hydrogen-bond donors (Lipinski definition) is 1. The molecule has 0 radical (unpaired) electrons. The van der Waals surface area contributed by atoms with Gasteiger partial charge in [0, 0.05) is 10.0 Å². The van der Waals surface area contributed by atoms with Crippen LogP contribution in [0.3, 0.4) is 0 Å². The van der Waals surface area contributed by atoms with Gasteiger partial charge in [-0.2, -0.15) is 0 Å². The van der Waals surface area contributed by atoms with Crippen LogP contribution in [0.15, 0.2) is 45.5 Å². The van der Waals surface area contributed by atoms with Gasteiger partial charge in [-0.1, -0.05) is 28.1 Å². The molecular formula is C13H14BrNO2. The van der Waals surface area contributed by atoms with Crippen molar-refractivity contribution in [2.24, 2.45) is 5.73 Å². The monoisotopic (exact) mass is 295 g/mol. The standard InChI is InChI=1S/C13H14BrNO2/c14-12-3-1-10(2-4-12)8-16-9-11-5-6-17-13(11)7-15/h1-6H,7-9,15H2. The Labute approximate surface area is 109 Å². The molecule has 1 aromatic carbocycles. The zero-order valence-corrected chi connectivity index (χ0v) is 10.9. The first-order chi connectivity index (χ1) is 8.29. The van der Waals surface area contributed by atoms with Crippen molar-refractivity contribution in [1.29, 1.82) is 0 Å². The third kappa shape index (κ3) is 3.43. The molecule has 0 aliphatic rings. The van der Waals surface area contributed by atoms with E-state index < -0.39 is 0 Å². The van der Waals surface area contributed by atoms with E-state index in [-0.39, 0.29) is 0 Å². The van der Waals surface area contributed by atoms with Crippen LogP contribution in [-0.2, 0) is 24.5 Å². The number of halogens is 1. The fourth-order valence-corrected chi connectivity index (χ4v) is 1.80. The maximum absolute atomic E-state index is 5.62. The number of rotatable bonds is 5. The topological polar surface area (TPSA) is 48.4 Å². The molecule has 4 heteroatoms. The summed E-state index contributed by atoms with van der Waals surface area (Å²) in [6.45, 7) is 1.52. The second kappa shape index (κ2) is 6.00. The molecule has 3 nitrogen and oxygen atoms in total. The maximum atomic E-state index is 5.62. The van der Waals surface area contributed by atoms with Crippen LogP contribution in [-0.4, -0.2) is 0 Å². The Kier molecular flexibility index (Phi) is 4.36. The molecule has 0 amide bonds. The highest BCUT2D eigenvalue weighted by atomic mass is 79.9. The molecular weight excluding hydrogens is 282 g/mol. The first kappa shape index (κ1) is 12.4. The Morgan fingerprint density at radius 1 is 1.12 bits per heavy atom. The largest absolute Gasteiger partial charge is 0.468 e. The first-order valence-corrected chi connectivity index (χ1v) is 6.16. The van der Waals surface area contributed by atoms with Gasteiger partial charge >= 0.3 is 0 Å². The van der Waals surface area contributed by atoms with Crippen molar-refractivity contribution >= 4 is 15.9 Å². The van der Waals surface area contributed by atoms with Crippen LogP contribution in [0.1, 0.15) is 16.9 Å². The highest BCUT2D eigenvalue weighted by molar-refractivity contribution is 9.10. The van der Waals surface area contributed by atoms with Crippen molar-refractivity contribution in [2.45, 2.75) is 19.8 Å². The van der Waals surface area contributed by atoms with E-state index in [4.69, 9.17) is 14.9 Å². The van der Waals surface area contributed by atoms with Gasteiger partial charge in [0.25, 0.3) is 0 Å². The maximum Gasteiger partial charge on any atom is 0.122 e. The summed E-state index contributed by atoms with van der Waals surface area (Å²) in [5, 5.41) is 0. The normalized spacial score (nSPS) is 10.7. The van der Waals surface area contributed by atoms with Gasteiger partial charge in [0.1, 0.15) is 5.76 Å². The van der Waals surface area contributed by atoms with Crippen molar-refractivity contribution in [2.75, 3.05) is 0 Å². The summed E-state index contributed by atoms with van der Waals surface area (Å²) in [5.74, 6) is 0.792. The summed E-state index contributed by atoms with van der Waals surface area (Å²) >= 11 is 3.40. The lowest BCUT2D eigenvalue weighted by molar-refractivity contribution is 0.106. The van der Waals surface area contributed by atoms with Gasteiger partial charge < -0.3 is 14.9 Å². The van der Waals surface area contributed by atoms with Gasteiger partial charge in [-0.15, -0.1) is 0 Å². The Hall–Kier alpha value is -1.10. The van der Waals surface area contributed by atoms with E-state index in [1.807, 2.05) is 30.3 Å². The zero-order chi connectivity index (χ0) is 12.1. The molecule has 2 N–H and O–H groups in total. The molecule has 2 rings (SSSR count). The highest BCUT2D eigenvalue weighted by Gasteiger charge is 2.04. The Morgan fingerprint density at radius 2 is 1.88 bits per heavy atom. The molecule has 0 saturated carbocycles. The fourth-order valence-electron chi connectivity index (χ4n) is 1.53. The molecule has 0 saturated heterocycles. The van der Waals surface area contributed by atoms with Gasteiger partial charge in [0.05, 0.1) is 26.0 Å². The molecule has 90 valence electrons. The summed E-state index contributed by atoms with van der Waals surface area (Å²) in [6.07, 6.45) is 1.64. The van der Waals surface area contributed by atoms with Crippen LogP contribution in [0.2, 0.25) is 0 Å². The van der Waals surface area contributed by atoms with Gasteiger partial charge in [-0.05, 0) is 23.8 Å². The lowest BCUT2D eigenvalue weighted by Crippen LogP contribution is -2.00. The van der Waals surface area contributed by atoms with E-state index in [0.29, 0.717) is 19.8 Å². The molecule has 0 fully saturated rings. The molecule has 0 aliphatic heterocycles. The predicted molar refractivity (Wildman–Crippen MR) is 69.2 cm³/mol. The molecule has 0 atom stereocenters. The lowest BCUT2D eigenvalue weighted by Gasteiger charge is -2.04. The first-order valence-electron chi connectivity index (χ1n) is 5.37. The van der Waals surface area contributed by atoms with Crippen LogP contribution < -0.4 is 5.73 Å². The van der Waals surface area contributed by atoms with Crippen LogP contribution in [0.25, 0.3) is 0 Å². The molecule has 17 heavy (non-hydrogen) atoms. The van der Waals surface area contributed by atoms with Gasteiger partial charge in [0.15, 0.2) is 0 Å². The van der Waals surface area contributed by atoms with E-state index in [1.54, 1.807) is 6.26 Å². The van der Waals surface area contributed by atoms with Gasteiger partial charge in [-0.3, -0.25) is 0 Å². The Morgan fingerprint density at radius 3 is 2.59 bits per heavy atom. The number of hydrogen-bond acceptors (Lipinski definition) is 3. The van der Waals surface area contributed by atoms with E-state index in [9.17, 15) is 0 Å². The van der Waals surface area contributed by atoms with E-state index >= 15 is 0 Å². The minimum absolute atomic E-state index is 0.407. The molecule has 0 spiro atoms. The van der Waals surface area contributed by atoms with Crippen LogP contribution in [0, 0.1) is 0 Å². The van der Waals surface area contributed by atoms with Gasteiger partial charge in [0.2, 0.25) is 0 Å². The number of ether oxygens (including phenoxy) is 1. The summed E-state index contributed by atoms with van der Waals surface area (Å²) in [4.78, 5) is 0. The lowest BCUT2D eigenvalue weighted by atomic mass is 10.2. The Balaban J connectivity index is 1.85. The van der Waals surface area contributed by atoms with Crippen molar-refractivity contribution in [1.82, 2.24) is 0 Å². The SMILES string of the molecule is NCc1occc1COCc1ccc(Br)cc1. The van der Waals surface area contributed by atoms with Crippen molar-refractivity contribution in [3.05, 3.63) is 58.0 Å². The average Bonchev–Trinajstić information content (AvgIpc) is 2.79. The fraction of sp³-hybridized carbons (Fsp3) is 0.231. The third-order valence-electron chi connectivity index (χ3n) is 2.46. The number of benzene rings is 1. The predicted octanol–water partition coefficient (Wildman–Crippen LogP) is 3.22. The van der Waals surface area contributed by atoms with Crippen molar-refractivity contribution in [3.8, 4) is 0 Å². The average molecular weight is 296 g/mol. The minimum atomic E-state index is 0.407. The van der Waals surface area contributed by atoms with Crippen LogP contribution >= 0.6 is 15.9 Å².